The molecular weight excluding hydrogens is 655 g/mol. The van der Waals surface area contributed by atoms with E-state index in [1.165, 1.54) is 47.7 Å². The van der Waals surface area contributed by atoms with Gasteiger partial charge in [-0.1, -0.05) is 0 Å². The summed E-state index contributed by atoms with van der Waals surface area (Å²) in [6.45, 7) is 0. The summed E-state index contributed by atoms with van der Waals surface area (Å²) < 4.78 is 17.0. The van der Waals surface area contributed by atoms with Crippen molar-refractivity contribution in [2.24, 2.45) is 0 Å². The van der Waals surface area contributed by atoms with Gasteiger partial charge in [0.1, 0.15) is 0 Å². The van der Waals surface area contributed by atoms with E-state index in [0.29, 0.717) is 0 Å². The summed E-state index contributed by atoms with van der Waals surface area (Å²) in [6.07, 6.45) is 0. The summed E-state index contributed by atoms with van der Waals surface area (Å²) in [5.41, 5.74) is 7.60. The Morgan fingerprint density at radius 1 is 0.333 bits per heavy atom. The van der Waals surface area contributed by atoms with Crippen molar-refractivity contribution in [1.82, 2.24) is 0 Å². The van der Waals surface area contributed by atoms with Gasteiger partial charge in [0.2, 0.25) is 0 Å². The number of hydrogen-bond acceptors (Lipinski definition) is 2. The molecule has 0 unspecified atom stereocenters. The normalized spacial score (nSPS) is 14.0. The number of benzene rings is 6. The number of hydrogen-bond donors (Lipinski definition) is 0. The summed E-state index contributed by atoms with van der Waals surface area (Å²) in [7, 11) is 3.47. The SMILES string of the molecule is COc1cc[c]([Sn]2([c]3ccc(OC)cc3)[C](c3ccccc3)=C(c3ccccc3)C(c3ccccc3)=[C]2c2ccccc2)cc1. The van der Waals surface area contributed by atoms with Crippen LogP contribution in [0.25, 0.3) is 18.3 Å². The third-order valence-corrected chi connectivity index (χ3v) is 23.0. The fourth-order valence-corrected chi connectivity index (χ4v) is 22.8. The van der Waals surface area contributed by atoms with E-state index in [1.54, 1.807) is 14.2 Å². The number of rotatable bonds is 8. The first-order chi connectivity index (χ1) is 22.3. The number of methoxy groups -OCH3 is 2. The fourth-order valence-electron chi connectivity index (χ4n) is 6.89. The zero-order chi connectivity index (χ0) is 30.6. The molecule has 6 aromatic carbocycles. The van der Waals surface area contributed by atoms with Crippen molar-refractivity contribution >= 4 is 43.9 Å². The molecule has 0 atom stereocenters. The third-order valence-electron chi connectivity index (χ3n) is 8.80. The molecule has 1 heterocycles. The number of allylic oxidation sites excluding steroid dienone is 2. The second kappa shape index (κ2) is 12.7. The van der Waals surface area contributed by atoms with E-state index < -0.39 is 18.4 Å². The van der Waals surface area contributed by atoms with E-state index in [-0.39, 0.29) is 0 Å². The van der Waals surface area contributed by atoms with Crippen LogP contribution in [0, 0.1) is 0 Å². The van der Waals surface area contributed by atoms with Gasteiger partial charge in [-0.2, -0.15) is 0 Å². The van der Waals surface area contributed by atoms with Gasteiger partial charge in [0.15, 0.2) is 0 Å². The Morgan fingerprint density at radius 2 is 0.622 bits per heavy atom. The second-order valence-corrected chi connectivity index (χ2v) is 21.6. The van der Waals surface area contributed by atoms with Crippen LogP contribution in [0.2, 0.25) is 0 Å². The van der Waals surface area contributed by atoms with E-state index in [1.807, 2.05) is 0 Å². The minimum absolute atomic E-state index is 0.856. The Morgan fingerprint density at radius 3 is 0.911 bits per heavy atom. The van der Waals surface area contributed by atoms with Crippen LogP contribution in [0.4, 0.5) is 0 Å². The molecule has 0 radical (unpaired) electrons. The Bertz CT molecular complexity index is 1810. The zero-order valence-corrected chi connectivity index (χ0v) is 28.3. The predicted octanol–water partition coefficient (Wildman–Crippen LogP) is 8.58. The molecule has 0 saturated heterocycles. The van der Waals surface area contributed by atoms with Crippen LogP contribution in [0.3, 0.4) is 0 Å². The van der Waals surface area contributed by atoms with Crippen LogP contribution in [-0.4, -0.2) is 32.6 Å². The van der Waals surface area contributed by atoms with Crippen LogP contribution in [0.1, 0.15) is 22.3 Å². The molecule has 6 aromatic rings. The minimum atomic E-state index is -4.24. The summed E-state index contributed by atoms with van der Waals surface area (Å²) in [6, 6.07) is 61.9. The van der Waals surface area contributed by atoms with Crippen molar-refractivity contribution in [2.75, 3.05) is 14.2 Å². The molecule has 45 heavy (non-hydrogen) atoms. The molecule has 1 aliphatic rings. The average molecular weight is 689 g/mol. The maximum absolute atomic E-state index is 5.69. The van der Waals surface area contributed by atoms with Crippen LogP contribution in [0.5, 0.6) is 11.5 Å². The molecule has 1 aliphatic heterocycles. The molecule has 0 amide bonds. The van der Waals surface area contributed by atoms with Gasteiger partial charge < -0.3 is 0 Å². The zero-order valence-electron chi connectivity index (χ0n) is 25.5. The molecule has 0 aromatic heterocycles. The molecule has 0 N–H and O–H groups in total. The van der Waals surface area contributed by atoms with Crippen molar-refractivity contribution in [3.63, 3.8) is 0 Å². The molecule has 0 fully saturated rings. The van der Waals surface area contributed by atoms with E-state index in [2.05, 4.69) is 170 Å². The summed E-state index contributed by atoms with van der Waals surface area (Å²) in [5.74, 6) is 1.71. The van der Waals surface area contributed by atoms with Crippen molar-refractivity contribution in [1.29, 1.82) is 0 Å². The standard InChI is InChI=1S/C28H20.2C7H7O.Sn/c1-5-13-23(14-6-1)21-27(25-17-9-3-10-18-25)28(26-19-11-4-12-20-26)22-24-15-7-2-8-16-24;2*1-8-7-5-3-2-4-6-7;/h1-20H;2*3-6H,1H3;. The van der Waals surface area contributed by atoms with E-state index in [0.717, 1.165) is 11.5 Å². The predicted molar refractivity (Wildman–Crippen MR) is 190 cm³/mol. The van der Waals surface area contributed by atoms with Gasteiger partial charge in [0.05, 0.1) is 0 Å². The topological polar surface area (TPSA) is 18.5 Å². The maximum atomic E-state index is 5.69. The van der Waals surface area contributed by atoms with Gasteiger partial charge in [-0.25, -0.2) is 0 Å². The molecular formula is C42H34O2Sn. The molecule has 7 rings (SSSR count). The van der Waals surface area contributed by atoms with Crippen LogP contribution < -0.4 is 16.6 Å². The van der Waals surface area contributed by atoms with Gasteiger partial charge in [-0.15, -0.1) is 0 Å². The molecule has 0 bridgehead atoms. The molecule has 3 heteroatoms. The van der Waals surface area contributed by atoms with E-state index >= 15 is 0 Å². The Kier molecular flexibility index (Phi) is 8.15. The van der Waals surface area contributed by atoms with Gasteiger partial charge in [-0.3, -0.25) is 0 Å². The first kappa shape index (κ1) is 28.9. The average Bonchev–Trinajstić information content (AvgIpc) is 3.46. The van der Waals surface area contributed by atoms with Gasteiger partial charge in [0, 0.05) is 0 Å². The molecule has 0 spiro atoms. The van der Waals surface area contributed by atoms with Crippen molar-refractivity contribution in [2.45, 2.75) is 0 Å². The quantitative estimate of drug-likeness (QED) is 0.149. The molecule has 2 nitrogen and oxygen atoms in total. The van der Waals surface area contributed by atoms with Crippen LogP contribution in [-0.2, 0) is 0 Å². The Labute approximate surface area is 269 Å². The van der Waals surface area contributed by atoms with Crippen molar-refractivity contribution in [3.05, 3.63) is 192 Å². The first-order valence-corrected chi connectivity index (χ1v) is 21.0. The van der Waals surface area contributed by atoms with Crippen molar-refractivity contribution in [3.8, 4) is 11.5 Å². The van der Waals surface area contributed by atoms with Gasteiger partial charge in [0.25, 0.3) is 0 Å². The second-order valence-electron chi connectivity index (χ2n) is 11.2. The van der Waals surface area contributed by atoms with Crippen LogP contribution >= 0.6 is 0 Å². The summed E-state index contributed by atoms with van der Waals surface area (Å²) >= 11 is -4.24. The van der Waals surface area contributed by atoms with Gasteiger partial charge >= 0.3 is 271 Å². The van der Waals surface area contributed by atoms with Crippen molar-refractivity contribution < 1.29 is 9.47 Å². The molecule has 218 valence electrons. The fraction of sp³-hybridized carbons (Fsp3) is 0.0476. The first-order valence-electron chi connectivity index (χ1n) is 15.3. The van der Waals surface area contributed by atoms with E-state index in [9.17, 15) is 0 Å². The summed E-state index contributed by atoms with van der Waals surface area (Å²) in [4.78, 5) is 0. The number of ether oxygens (including phenoxy) is 2. The summed E-state index contributed by atoms with van der Waals surface area (Å²) in [5, 5.41) is 0. The molecule has 0 saturated carbocycles. The van der Waals surface area contributed by atoms with Crippen LogP contribution in [0.15, 0.2) is 170 Å². The monoisotopic (exact) mass is 690 g/mol. The van der Waals surface area contributed by atoms with E-state index in [4.69, 9.17) is 9.47 Å². The Balaban J connectivity index is 1.75. The third kappa shape index (κ3) is 5.09. The molecule has 0 aliphatic carbocycles. The Hall–Kier alpha value is -4.80. The van der Waals surface area contributed by atoms with Gasteiger partial charge in [-0.05, 0) is 0 Å².